The average molecular weight is 566 g/mol. The number of rotatable bonds is 4. The van der Waals surface area contributed by atoms with Crippen molar-refractivity contribution in [3.05, 3.63) is 157 Å². The van der Waals surface area contributed by atoms with Crippen LogP contribution in [0.25, 0.3) is 65.7 Å². The highest BCUT2D eigenvalue weighted by molar-refractivity contribution is 6.14. The summed E-state index contributed by atoms with van der Waals surface area (Å²) in [7, 11) is 0. The summed E-state index contributed by atoms with van der Waals surface area (Å²) in [6.45, 7) is 0. The maximum atomic E-state index is 8.31. The number of hydrogen-bond acceptors (Lipinski definition) is 2. The van der Waals surface area contributed by atoms with Crippen molar-refractivity contribution in [3.63, 3.8) is 0 Å². The van der Waals surface area contributed by atoms with E-state index in [9.17, 15) is 0 Å². The van der Waals surface area contributed by atoms with Gasteiger partial charge in [-0.3, -0.25) is 5.41 Å². The van der Waals surface area contributed by atoms with E-state index in [1.807, 2.05) is 54.6 Å². The number of nitrogens with one attached hydrogen (secondary N) is 1. The highest BCUT2D eigenvalue weighted by Crippen LogP contribution is 2.39. The van der Waals surface area contributed by atoms with Crippen molar-refractivity contribution >= 4 is 55.2 Å². The topological polar surface area (TPSA) is 75.4 Å². The predicted octanol–water partition coefficient (Wildman–Crippen LogP) is 9.96. The monoisotopic (exact) mass is 565 g/mol. The van der Waals surface area contributed by atoms with Gasteiger partial charge < -0.3 is 10.2 Å². The molecule has 1 aromatic heterocycles. The third-order valence-electron chi connectivity index (χ3n) is 8.34. The Kier molecular flexibility index (Phi) is 6.05. The molecule has 0 aliphatic carbocycles. The van der Waals surface area contributed by atoms with Gasteiger partial charge in [0.05, 0.1) is 0 Å². The summed E-state index contributed by atoms with van der Waals surface area (Å²) in [5.74, 6) is 0.447. The molecule has 8 aromatic rings. The molecule has 3 N–H and O–H groups in total. The standard InChI is InChI=1S/C40H27N3O/c41-39(27-8-2-1-3-9-27)43-40(42)28-16-13-26(14-17-28)34-11-6-12-37-38(34)35-24-30(20-22-36(35)44-37)29-19-21-33-31(23-29)18-15-25-7-4-5-10-32(25)33/h1-24H,(H3,41,42,43). The third kappa shape index (κ3) is 4.41. The van der Waals surface area contributed by atoms with E-state index >= 15 is 0 Å². The minimum absolute atomic E-state index is 0.136. The van der Waals surface area contributed by atoms with E-state index in [2.05, 4.69) is 96.0 Å². The molecule has 4 heteroatoms. The molecule has 0 amide bonds. The second kappa shape index (κ2) is 10.4. The Morgan fingerprint density at radius 1 is 0.523 bits per heavy atom. The molecule has 8 rings (SSSR count). The fourth-order valence-corrected chi connectivity index (χ4v) is 6.11. The second-order valence-corrected chi connectivity index (χ2v) is 11.0. The van der Waals surface area contributed by atoms with Gasteiger partial charge in [-0.1, -0.05) is 121 Å². The van der Waals surface area contributed by atoms with Crippen molar-refractivity contribution < 1.29 is 4.42 Å². The zero-order valence-electron chi connectivity index (χ0n) is 23.8. The molecule has 0 bridgehead atoms. The van der Waals surface area contributed by atoms with Crippen LogP contribution in [0.15, 0.2) is 155 Å². The second-order valence-electron chi connectivity index (χ2n) is 11.0. The molecule has 0 radical (unpaired) electrons. The number of benzene rings is 7. The molecule has 1 heterocycles. The van der Waals surface area contributed by atoms with Crippen molar-refractivity contribution in [2.24, 2.45) is 10.7 Å². The Balaban J connectivity index is 1.18. The van der Waals surface area contributed by atoms with E-state index in [0.29, 0.717) is 5.84 Å². The Labute approximate surface area is 254 Å². The van der Waals surface area contributed by atoms with Crippen molar-refractivity contribution in [1.82, 2.24) is 0 Å². The molecule has 0 unspecified atom stereocenters. The van der Waals surface area contributed by atoms with Gasteiger partial charge in [0, 0.05) is 21.9 Å². The lowest BCUT2D eigenvalue weighted by Gasteiger charge is -2.08. The number of furan rings is 1. The number of aliphatic imine (C=N–C) groups is 1. The number of hydrogen-bond donors (Lipinski definition) is 2. The van der Waals surface area contributed by atoms with Gasteiger partial charge in [0.2, 0.25) is 0 Å². The number of nitrogens with two attached hydrogens (primary N) is 1. The van der Waals surface area contributed by atoms with Crippen molar-refractivity contribution in [1.29, 1.82) is 5.41 Å². The zero-order chi connectivity index (χ0) is 29.6. The Hall–Kier alpha value is -6.00. The molecule has 7 aromatic carbocycles. The lowest BCUT2D eigenvalue weighted by Crippen LogP contribution is -2.15. The maximum Gasteiger partial charge on any atom is 0.154 e. The van der Waals surface area contributed by atoms with Gasteiger partial charge in [0.1, 0.15) is 17.0 Å². The van der Waals surface area contributed by atoms with Crippen molar-refractivity contribution in [2.45, 2.75) is 0 Å². The largest absolute Gasteiger partial charge is 0.456 e. The number of amidine groups is 2. The fourth-order valence-electron chi connectivity index (χ4n) is 6.11. The summed E-state index contributed by atoms with van der Waals surface area (Å²) in [5.41, 5.74) is 13.9. The van der Waals surface area contributed by atoms with Crippen LogP contribution in [0.4, 0.5) is 0 Å². The predicted molar refractivity (Wildman–Crippen MR) is 184 cm³/mol. The van der Waals surface area contributed by atoms with E-state index < -0.39 is 0 Å². The first-order chi connectivity index (χ1) is 21.6. The van der Waals surface area contributed by atoms with Gasteiger partial charge in [-0.15, -0.1) is 0 Å². The number of nitrogens with zero attached hydrogens (tertiary/aromatic N) is 1. The first-order valence-electron chi connectivity index (χ1n) is 14.6. The van der Waals surface area contributed by atoms with Gasteiger partial charge >= 0.3 is 0 Å². The minimum Gasteiger partial charge on any atom is -0.456 e. The molecular formula is C40H27N3O. The molecule has 0 aliphatic rings. The first kappa shape index (κ1) is 25.7. The highest BCUT2D eigenvalue weighted by atomic mass is 16.3. The summed E-state index contributed by atoms with van der Waals surface area (Å²) in [6, 6.07) is 49.7. The molecule has 0 saturated carbocycles. The molecule has 0 atom stereocenters. The lowest BCUT2D eigenvalue weighted by atomic mass is 9.95. The van der Waals surface area contributed by atoms with Gasteiger partial charge in [-0.2, -0.15) is 0 Å². The number of fused-ring (bicyclic) bond motifs is 6. The summed E-state index contributed by atoms with van der Waals surface area (Å²) in [6.07, 6.45) is 0. The first-order valence-corrected chi connectivity index (χ1v) is 14.6. The zero-order valence-corrected chi connectivity index (χ0v) is 23.8. The molecular weight excluding hydrogens is 538 g/mol. The van der Waals surface area contributed by atoms with Crippen LogP contribution >= 0.6 is 0 Å². The van der Waals surface area contributed by atoms with Crippen LogP contribution in [0, 0.1) is 5.41 Å². The SMILES string of the molecule is N=C(N=C(N)c1ccc(-c2cccc3oc4ccc(-c5ccc6c(ccc7ccccc76)c5)cc4c23)cc1)c1ccccc1. The Morgan fingerprint density at radius 2 is 1.23 bits per heavy atom. The molecule has 0 aliphatic heterocycles. The lowest BCUT2D eigenvalue weighted by molar-refractivity contribution is 0.669. The van der Waals surface area contributed by atoms with Crippen LogP contribution in [0.2, 0.25) is 0 Å². The van der Waals surface area contributed by atoms with Crippen LogP contribution in [0.5, 0.6) is 0 Å². The highest BCUT2D eigenvalue weighted by Gasteiger charge is 2.14. The van der Waals surface area contributed by atoms with E-state index in [1.54, 1.807) is 0 Å². The van der Waals surface area contributed by atoms with Gasteiger partial charge in [0.25, 0.3) is 0 Å². The summed E-state index contributed by atoms with van der Waals surface area (Å²) < 4.78 is 6.31. The van der Waals surface area contributed by atoms with E-state index in [0.717, 1.165) is 49.8 Å². The van der Waals surface area contributed by atoms with Crippen LogP contribution in [0.3, 0.4) is 0 Å². The molecule has 0 spiro atoms. The Morgan fingerprint density at radius 3 is 2.09 bits per heavy atom. The van der Waals surface area contributed by atoms with Crippen molar-refractivity contribution in [2.75, 3.05) is 0 Å². The van der Waals surface area contributed by atoms with E-state index in [-0.39, 0.29) is 5.84 Å². The third-order valence-corrected chi connectivity index (χ3v) is 8.34. The fraction of sp³-hybridized carbons (Fsp3) is 0. The van der Waals surface area contributed by atoms with Gasteiger partial charge in [0.15, 0.2) is 5.84 Å². The maximum absolute atomic E-state index is 8.31. The normalized spacial score (nSPS) is 12.0. The molecule has 4 nitrogen and oxygen atoms in total. The smallest absolute Gasteiger partial charge is 0.154 e. The molecule has 44 heavy (non-hydrogen) atoms. The van der Waals surface area contributed by atoms with Gasteiger partial charge in [-0.25, -0.2) is 4.99 Å². The van der Waals surface area contributed by atoms with Gasteiger partial charge in [-0.05, 0) is 68.1 Å². The summed E-state index contributed by atoms with van der Waals surface area (Å²) in [5, 5.41) is 15.5. The van der Waals surface area contributed by atoms with E-state index in [1.165, 1.54) is 27.1 Å². The summed E-state index contributed by atoms with van der Waals surface area (Å²) in [4.78, 5) is 4.34. The quantitative estimate of drug-likeness (QED) is 0.127. The van der Waals surface area contributed by atoms with Crippen molar-refractivity contribution in [3.8, 4) is 22.3 Å². The molecule has 208 valence electrons. The molecule has 0 saturated heterocycles. The summed E-state index contributed by atoms with van der Waals surface area (Å²) >= 11 is 0. The van der Waals surface area contributed by atoms with Crippen LogP contribution in [-0.2, 0) is 0 Å². The van der Waals surface area contributed by atoms with E-state index in [4.69, 9.17) is 15.6 Å². The average Bonchev–Trinajstić information content (AvgIpc) is 3.46. The molecule has 0 fully saturated rings. The van der Waals surface area contributed by atoms with Crippen LogP contribution in [0.1, 0.15) is 11.1 Å². The van der Waals surface area contributed by atoms with Crippen LogP contribution < -0.4 is 5.73 Å². The van der Waals surface area contributed by atoms with Crippen LogP contribution in [-0.4, -0.2) is 11.7 Å². The minimum atomic E-state index is 0.136. The Bertz CT molecular complexity index is 2400.